The van der Waals surface area contributed by atoms with Gasteiger partial charge >= 0.3 is 0 Å². The first-order valence-corrected chi connectivity index (χ1v) is 5.79. The van der Waals surface area contributed by atoms with E-state index in [0.29, 0.717) is 5.92 Å². The van der Waals surface area contributed by atoms with Crippen molar-refractivity contribution in [2.24, 2.45) is 0 Å². The van der Waals surface area contributed by atoms with Crippen molar-refractivity contribution < 1.29 is 0 Å². The average Bonchev–Trinajstić information content (AvgIpc) is 2.24. The standard InChI is InChI=1S/C12H20N2O/c1-3-4-5-6-7-10(2)12-13-9-8-11(15)14-12/h8-10H,3-7H2,1-2H3,(H,13,14,15). The first-order valence-electron chi connectivity index (χ1n) is 5.79. The lowest BCUT2D eigenvalue weighted by Crippen LogP contribution is -2.11. The molecule has 0 saturated carbocycles. The highest BCUT2D eigenvalue weighted by molar-refractivity contribution is 4.95. The number of nitrogens with zero attached hydrogens (tertiary/aromatic N) is 1. The summed E-state index contributed by atoms with van der Waals surface area (Å²) in [5.41, 5.74) is -0.0552. The lowest BCUT2D eigenvalue weighted by atomic mass is 10.0. The number of unbranched alkanes of at least 4 members (excludes halogenated alkanes) is 3. The molecule has 0 radical (unpaired) electrons. The molecule has 0 saturated heterocycles. The molecular formula is C12H20N2O. The molecule has 15 heavy (non-hydrogen) atoms. The predicted octanol–water partition coefficient (Wildman–Crippen LogP) is 2.84. The summed E-state index contributed by atoms with van der Waals surface area (Å²) in [6.45, 7) is 4.32. The molecule has 0 fully saturated rings. The van der Waals surface area contributed by atoms with Gasteiger partial charge in [-0.05, 0) is 6.42 Å². The van der Waals surface area contributed by atoms with Crippen LogP contribution in [0, 0.1) is 0 Å². The van der Waals surface area contributed by atoms with Gasteiger partial charge in [0.05, 0.1) is 0 Å². The number of aromatic nitrogens is 2. The number of H-pyrrole nitrogens is 1. The van der Waals surface area contributed by atoms with Gasteiger partial charge in [-0.1, -0.05) is 39.5 Å². The van der Waals surface area contributed by atoms with E-state index in [4.69, 9.17) is 0 Å². The van der Waals surface area contributed by atoms with E-state index in [2.05, 4.69) is 23.8 Å². The van der Waals surface area contributed by atoms with Crippen LogP contribution in [-0.2, 0) is 0 Å². The molecule has 0 spiro atoms. The van der Waals surface area contributed by atoms with Crippen molar-refractivity contribution in [3.8, 4) is 0 Å². The normalized spacial score (nSPS) is 12.7. The van der Waals surface area contributed by atoms with E-state index in [9.17, 15) is 4.79 Å². The third-order valence-corrected chi connectivity index (χ3v) is 2.65. The smallest absolute Gasteiger partial charge is 0.250 e. The minimum absolute atomic E-state index is 0.0552. The molecule has 1 atom stereocenters. The van der Waals surface area contributed by atoms with Crippen molar-refractivity contribution in [2.75, 3.05) is 0 Å². The van der Waals surface area contributed by atoms with E-state index in [-0.39, 0.29) is 5.56 Å². The van der Waals surface area contributed by atoms with E-state index >= 15 is 0 Å². The number of rotatable bonds is 6. The summed E-state index contributed by atoms with van der Waals surface area (Å²) in [5, 5.41) is 0. The Kier molecular flexibility index (Phi) is 5.08. The first-order chi connectivity index (χ1) is 7.24. The molecule has 1 aromatic rings. The SMILES string of the molecule is CCCCCCC(C)c1nccc(=O)[nH]1. The Morgan fingerprint density at radius 2 is 2.20 bits per heavy atom. The van der Waals surface area contributed by atoms with Crippen LogP contribution in [0.2, 0.25) is 0 Å². The van der Waals surface area contributed by atoms with E-state index < -0.39 is 0 Å². The second-order valence-electron chi connectivity index (χ2n) is 4.07. The molecule has 3 nitrogen and oxygen atoms in total. The summed E-state index contributed by atoms with van der Waals surface area (Å²) >= 11 is 0. The van der Waals surface area contributed by atoms with Crippen LogP contribution in [0.5, 0.6) is 0 Å². The third kappa shape index (κ3) is 4.28. The van der Waals surface area contributed by atoms with E-state index in [1.54, 1.807) is 6.20 Å². The summed E-state index contributed by atoms with van der Waals surface area (Å²) in [7, 11) is 0. The lowest BCUT2D eigenvalue weighted by Gasteiger charge is -2.09. The Bertz CT molecular complexity index is 332. The number of hydrogen-bond acceptors (Lipinski definition) is 2. The molecule has 0 aliphatic heterocycles. The topological polar surface area (TPSA) is 45.8 Å². The van der Waals surface area contributed by atoms with E-state index in [1.807, 2.05) is 0 Å². The fourth-order valence-corrected chi connectivity index (χ4v) is 1.65. The molecule has 0 bridgehead atoms. The van der Waals surface area contributed by atoms with Crippen LogP contribution in [0.3, 0.4) is 0 Å². The fraction of sp³-hybridized carbons (Fsp3) is 0.667. The van der Waals surface area contributed by atoms with Gasteiger partial charge in [-0.2, -0.15) is 0 Å². The average molecular weight is 208 g/mol. The lowest BCUT2D eigenvalue weighted by molar-refractivity contribution is 0.560. The molecule has 0 amide bonds. The zero-order chi connectivity index (χ0) is 11.1. The fourth-order valence-electron chi connectivity index (χ4n) is 1.65. The van der Waals surface area contributed by atoms with Gasteiger partial charge in [0, 0.05) is 18.2 Å². The minimum atomic E-state index is -0.0552. The van der Waals surface area contributed by atoms with Crippen molar-refractivity contribution >= 4 is 0 Å². The quantitative estimate of drug-likeness (QED) is 0.731. The van der Waals surface area contributed by atoms with Crippen LogP contribution in [-0.4, -0.2) is 9.97 Å². The molecule has 0 aromatic carbocycles. The Morgan fingerprint density at radius 3 is 2.87 bits per heavy atom. The minimum Gasteiger partial charge on any atom is -0.310 e. The summed E-state index contributed by atoms with van der Waals surface area (Å²) in [6.07, 6.45) is 7.73. The molecule has 1 rings (SSSR count). The van der Waals surface area contributed by atoms with Gasteiger partial charge in [0.1, 0.15) is 5.82 Å². The third-order valence-electron chi connectivity index (χ3n) is 2.65. The molecule has 84 valence electrons. The van der Waals surface area contributed by atoms with Gasteiger partial charge in [-0.3, -0.25) is 4.79 Å². The van der Waals surface area contributed by atoms with E-state index in [0.717, 1.165) is 12.2 Å². The highest BCUT2D eigenvalue weighted by Crippen LogP contribution is 2.17. The maximum atomic E-state index is 11.1. The number of nitrogens with one attached hydrogen (secondary N) is 1. The summed E-state index contributed by atoms with van der Waals surface area (Å²) < 4.78 is 0. The summed E-state index contributed by atoms with van der Waals surface area (Å²) in [4.78, 5) is 18.0. The number of hydrogen-bond donors (Lipinski definition) is 1. The highest BCUT2D eigenvalue weighted by Gasteiger charge is 2.06. The molecular weight excluding hydrogens is 188 g/mol. The van der Waals surface area contributed by atoms with Crippen molar-refractivity contribution in [2.45, 2.75) is 51.9 Å². The molecule has 3 heteroatoms. The maximum Gasteiger partial charge on any atom is 0.250 e. The Morgan fingerprint density at radius 1 is 1.40 bits per heavy atom. The van der Waals surface area contributed by atoms with Crippen LogP contribution in [0.1, 0.15) is 57.7 Å². The molecule has 1 N–H and O–H groups in total. The van der Waals surface area contributed by atoms with E-state index in [1.165, 1.54) is 31.7 Å². The van der Waals surface area contributed by atoms with Crippen molar-refractivity contribution in [1.82, 2.24) is 9.97 Å². The summed E-state index contributed by atoms with van der Waals surface area (Å²) in [6, 6.07) is 1.45. The molecule has 0 aliphatic carbocycles. The Balaban J connectivity index is 2.40. The molecule has 1 aromatic heterocycles. The monoisotopic (exact) mass is 208 g/mol. The Labute approximate surface area is 91.0 Å². The second kappa shape index (κ2) is 6.38. The zero-order valence-corrected chi connectivity index (χ0v) is 9.62. The zero-order valence-electron chi connectivity index (χ0n) is 9.62. The van der Waals surface area contributed by atoms with Gasteiger partial charge in [0.25, 0.3) is 5.56 Å². The second-order valence-corrected chi connectivity index (χ2v) is 4.07. The number of aromatic amines is 1. The summed E-state index contributed by atoms with van der Waals surface area (Å²) in [5.74, 6) is 1.18. The van der Waals surface area contributed by atoms with Gasteiger partial charge in [0.2, 0.25) is 0 Å². The highest BCUT2D eigenvalue weighted by atomic mass is 16.1. The van der Waals surface area contributed by atoms with Gasteiger partial charge in [-0.25, -0.2) is 4.98 Å². The van der Waals surface area contributed by atoms with Crippen molar-refractivity contribution in [1.29, 1.82) is 0 Å². The van der Waals surface area contributed by atoms with Crippen LogP contribution in [0.15, 0.2) is 17.1 Å². The van der Waals surface area contributed by atoms with Crippen LogP contribution >= 0.6 is 0 Å². The van der Waals surface area contributed by atoms with Crippen LogP contribution in [0.4, 0.5) is 0 Å². The van der Waals surface area contributed by atoms with Crippen molar-refractivity contribution in [3.05, 3.63) is 28.4 Å². The van der Waals surface area contributed by atoms with Gasteiger partial charge in [0.15, 0.2) is 0 Å². The first kappa shape index (κ1) is 12.0. The van der Waals surface area contributed by atoms with Crippen molar-refractivity contribution in [3.63, 3.8) is 0 Å². The largest absolute Gasteiger partial charge is 0.310 e. The predicted molar refractivity (Wildman–Crippen MR) is 62.0 cm³/mol. The Hall–Kier alpha value is -1.12. The van der Waals surface area contributed by atoms with Crippen LogP contribution in [0.25, 0.3) is 0 Å². The maximum absolute atomic E-state index is 11.1. The van der Waals surface area contributed by atoms with Gasteiger partial charge < -0.3 is 4.98 Å². The molecule has 0 aliphatic rings. The molecule has 1 unspecified atom stereocenters. The van der Waals surface area contributed by atoms with Crippen LogP contribution < -0.4 is 5.56 Å². The van der Waals surface area contributed by atoms with Gasteiger partial charge in [-0.15, -0.1) is 0 Å². The molecule has 1 heterocycles.